The Morgan fingerprint density at radius 2 is 2.13 bits per heavy atom. The predicted molar refractivity (Wildman–Crippen MR) is 59.9 cm³/mol. The number of ether oxygens (including phenoxy) is 1. The van der Waals surface area contributed by atoms with Gasteiger partial charge in [0.1, 0.15) is 12.4 Å². The van der Waals surface area contributed by atoms with Gasteiger partial charge in [0.25, 0.3) is 5.56 Å². The van der Waals surface area contributed by atoms with Gasteiger partial charge in [-0.05, 0) is 18.2 Å². The summed E-state index contributed by atoms with van der Waals surface area (Å²) in [5.41, 5.74) is 0.572. The van der Waals surface area contributed by atoms with Crippen LogP contribution < -0.4 is 10.3 Å². The topological polar surface area (TPSA) is 57.9 Å². The van der Waals surface area contributed by atoms with Crippen molar-refractivity contribution < 1.29 is 4.74 Å². The monoisotopic (exact) mass is 268 g/mol. The number of aromatic amines is 2. The van der Waals surface area contributed by atoms with E-state index in [-0.39, 0.29) is 5.56 Å². The smallest absolute Gasteiger partial charge is 0.264 e. The molecule has 1 heterocycles. The van der Waals surface area contributed by atoms with Gasteiger partial charge in [0.05, 0.1) is 5.69 Å². The lowest BCUT2D eigenvalue weighted by molar-refractivity contribution is 0.301. The maximum Gasteiger partial charge on any atom is 0.264 e. The Bertz CT molecular complexity index is 504. The van der Waals surface area contributed by atoms with E-state index in [1.807, 2.05) is 24.3 Å². The van der Waals surface area contributed by atoms with Crippen LogP contribution in [0, 0.1) is 0 Å². The number of hydrogen-bond acceptors (Lipinski definition) is 2. The zero-order valence-corrected chi connectivity index (χ0v) is 9.37. The number of hydrogen-bond donors (Lipinski definition) is 2. The average molecular weight is 269 g/mol. The summed E-state index contributed by atoms with van der Waals surface area (Å²) in [5.74, 6) is 0.756. The third-order valence-corrected chi connectivity index (χ3v) is 2.34. The molecule has 0 fully saturated rings. The highest BCUT2D eigenvalue weighted by atomic mass is 79.9. The maximum atomic E-state index is 10.8. The molecule has 1 aromatic heterocycles. The van der Waals surface area contributed by atoms with Crippen LogP contribution in [0.25, 0.3) is 0 Å². The van der Waals surface area contributed by atoms with Crippen LogP contribution in [-0.2, 0) is 6.61 Å². The summed E-state index contributed by atoms with van der Waals surface area (Å²) in [4.78, 5) is 10.8. The molecule has 0 aliphatic carbocycles. The average Bonchev–Trinajstić information content (AvgIpc) is 2.62. The summed E-state index contributed by atoms with van der Waals surface area (Å²) in [6, 6.07) is 9.00. The number of benzene rings is 1. The molecule has 0 bridgehead atoms. The summed E-state index contributed by atoms with van der Waals surface area (Å²) in [5, 5.41) is 5.16. The molecule has 2 rings (SSSR count). The molecule has 0 radical (unpaired) electrons. The fourth-order valence-electron chi connectivity index (χ4n) is 1.17. The van der Waals surface area contributed by atoms with Crippen LogP contribution in [0.2, 0.25) is 0 Å². The van der Waals surface area contributed by atoms with Crippen LogP contribution in [0.1, 0.15) is 5.69 Å². The molecule has 78 valence electrons. The second-order valence-electron chi connectivity index (χ2n) is 3.03. The fraction of sp³-hybridized carbons (Fsp3) is 0.100. The first-order chi connectivity index (χ1) is 7.24. The number of H-pyrrole nitrogens is 2. The van der Waals surface area contributed by atoms with E-state index < -0.39 is 0 Å². The van der Waals surface area contributed by atoms with Gasteiger partial charge < -0.3 is 4.74 Å². The van der Waals surface area contributed by atoms with Crippen molar-refractivity contribution in [1.82, 2.24) is 10.2 Å². The lowest BCUT2D eigenvalue weighted by Gasteiger charge is -2.04. The van der Waals surface area contributed by atoms with Gasteiger partial charge in [0.15, 0.2) is 0 Å². The first kappa shape index (κ1) is 10.0. The molecule has 0 saturated carbocycles. The molecule has 0 aliphatic rings. The Balaban J connectivity index is 2.02. The molecule has 0 unspecified atom stereocenters. The van der Waals surface area contributed by atoms with Gasteiger partial charge >= 0.3 is 0 Å². The van der Waals surface area contributed by atoms with Crippen molar-refractivity contribution in [3.63, 3.8) is 0 Å². The van der Waals surface area contributed by atoms with Crippen LogP contribution in [0.5, 0.6) is 5.75 Å². The van der Waals surface area contributed by atoms with E-state index in [0.29, 0.717) is 6.61 Å². The van der Waals surface area contributed by atoms with Crippen LogP contribution in [-0.4, -0.2) is 10.2 Å². The zero-order valence-electron chi connectivity index (χ0n) is 7.79. The largest absolute Gasteiger partial charge is 0.487 e. The van der Waals surface area contributed by atoms with Crippen molar-refractivity contribution in [2.75, 3.05) is 0 Å². The highest BCUT2D eigenvalue weighted by Crippen LogP contribution is 2.18. The maximum absolute atomic E-state index is 10.8. The first-order valence-electron chi connectivity index (χ1n) is 4.39. The first-order valence-corrected chi connectivity index (χ1v) is 5.18. The summed E-state index contributed by atoms with van der Waals surface area (Å²) in [6.07, 6.45) is 0. The van der Waals surface area contributed by atoms with E-state index in [9.17, 15) is 4.79 Å². The molecule has 0 saturated heterocycles. The Morgan fingerprint density at radius 3 is 2.80 bits per heavy atom. The molecule has 4 nitrogen and oxygen atoms in total. The van der Waals surface area contributed by atoms with Crippen molar-refractivity contribution in [3.8, 4) is 5.75 Å². The SMILES string of the molecule is O=c1cc(COc2cccc(Br)c2)[nH][nH]1. The predicted octanol–water partition coefficient (Wildman–Crippen LogP) is 2.04. The van der Waals surface area contributed by atoms with E-state index in [1.54, 1.807) is 0 Å². The minimum atomic E-state index is -0.150. The van der Waals surface area contributed by atoms with Crippen LogP contribution >= 0.6 is 15.9 Å². The standard InChI is InChI=1S/C10H9BrN2O2/c11-7-2-1-3-9(4-7)15-6-8-5-10(14)13-12-8/h1-5H,6H2,(H2,12,13,14). The summed E-state index contributed by atoms with van der Waals surface area (Å²) in [7, 11) is 0. The van der Waals surface area contributed by atoms with Crippen LogP contribution in [0.3, 0.4) is 0 Å². The Hall–Kier alpha value is -1.49. The van der Waals surface area contributed by atoms with Crippen molar-refractivity contribution >= 4 is 15.9 Å². The van der Waals surface area contributed by atoms with Crippen LogP contribution in [0.4, 0.5) is 0 Å². The zero-order chi connectivity index (χ0) is 10.7. The van der Waals surface area contributed by atoms with Crippen molar-refractivity contribution in [2.45, 2.75) is 6.61 Å². The molecular weight excluding hydrogens is 260 g/mol. The Morgan fingerprint density at radius 1 is 1.27 bits per heavy atom. The summed E-state index contributed by atoms with van der Waals surface area (Å²) >= 11 is 3.35. The van der Waals surface area contributed by atoms with Gasteiger partial charge in [-0.15, -0.1) is 0 Å². The molecular formula is C10H9BrN2O2. The Kier molecular flexibility index (Phi) is 2.91. The molecule has 15 heavy (non-hydrogen) atoms. The van der Waals surface area contributed by atoms with Gasteiger partial charge in [0, 0.05) is 10.5 Å². The van der Waals surface area contributed by atoms with E-state index in [0.717, 1.165) is 15.9 Å². The van der Waals surface area contributed by atoms with Crippen molar-refractivity contribution in [3.05, 3.63) is 50.9 Å². The molecule has 0 amide bonds. The van der Waals surface area contributed by atoms with Gasteiger partial charge in [0.2, 0.25) is 0 Å². The van der Waals surface area contributed by atoms with Crippen molar-refractivity contribution in [1.29, 1.82) is 0 Å². The van der Waals surface area contributed by atoms with Crippen molar-refractivity contribution in [2.24, 2.45) is 0 Å². The molecule has 1 aromatic carbocycles. The molecule has 0 spiro atoms. The molecule has 2 N–H and O–H groups in total. The third kappa shape index (κ3) is 2.73. The van der Waals surface area contributed by atoms with E-state index in [4.69, 9.17) is 4.74 Å². The number of halogens is 1. The van der Waals surface area contributed by atoms with Gasteiger partial charge in [-0.3, -0.25) is 15.0 Å². The van der Waals surface area contributed by atoms with Crippen LogP contribution in [0.15, 0.2) is 39.6 Å². The van der Waals surface area contributed by atoms with E-state index in [2.05, 4.69) is 26.1 Å². The second kappa shape index (κ2) is 4.35. The lowest BCUT2D eigenvalue weighted by Crippen LogP contribution is -1.96. The molecule has 5 heteroatoms. The molecule has 0 aliphatic heterocycles. The molecule has 2 aromatic rings. The second-order valence-corrected chi connectivity index (χ2v) is 3.95. The van der Waals surface area contributed by atoms with Gasteiger partial charge in [-0.25, -0.2) is 0 Å². The number of nitrogens with one attached hydrogen (secondary N) is 2. The minimum Gasteiger partial charge on any atom is -0.487 e. The highest BCUT2D eigenvalue weighted by molar-refractivity contribution is 9.10. The minimum absolute atomic E-state index is 0.150. The van der Waals surface area contributed by atoms with Gasteiger partial charge in [-0.2, -0.15) is 0 Å². The highest BCUT2D eigenvalue weighted by Gasteiger charge is 1.98. The summed E-state index contributed by atoms with van der Waals surface area (Å²) < 4.78 is 6.43. The quantitative estimate of drug-likeness (QED) is 0.895. The fourth-order valence-corrected chi connectivity index (χ4v) is 1.55. The van der Waals surface area contributed by atoms with Gasteiger partial charge in [-0.1, -0.05) is 22.0 Å². The number of rotatable bonds is 3. The summed E-state index contributed by atoms with van der Waals surface area (Å²) in [6.45, 7) is 0.342. The number of aromatic nitrogens is 2. The normalized spacial score (nSPS) is 10.2. The lowest BCUT2D eigenvalue weighted by atomic mass is 10.3. The van der Waals surface area contributed by atoms with E-state index in [1.165, 1.54) is 6.07 Å². The molecule has 0 atom stereocenters. The third-order valence-electron chi connectivity index (χ3n) is 1.84. The van der Waals surface area contributed by atoms with E-state index >= 15 is 0 Å². The Labute approximate surface area is 94.4 Å².